The molecule has 1 aliphatic carbocycles. The van der Waals surface area contributed by atoms with Gasteiger partial charge in [0.05, 0.1) is 23.4 Å². The van der Waals surface area contributed by atoms with Gasteiger partial charge in [0.25, 0.3) is 0 Å². The molecular weight excluding hydrogens is 336 g/mol. The maximum Gasteiger partial charge on any atom is 0.161 e. The molecule has 3 aromatic rings. The number of anilines is 2. The van der Waals surface area contributed by atoms with Gasteiger partial charge in [-0.1, -0.05) is 0 Å². The molecule has 0 radical (unpaired) electrons. The Morgan fingerprint density at radius 1 is 1.12 bits per heavy atom. The summed E-state index contributed by atoms with van der Waals surface area (Å²) in [4.78, 5) is 17.3. The number of aryl methyl sites for hydroxylation is 1. The highest BCUT2D eigenvalue weighted by molar-refractivity contribution is 7.26. The second kappa shape index (κ2) is 6.05. The van der Waals surface area contributed by atoms with Crippen molar-refractivity contribution in [2.45, 2.75) is 25.7 Å². The van der Waals surface area contributed by atoms with Crippen molar-refractivity contribution in [3.63, 3.8) is 0 Å². The number of aromatic nitrogens is 3. The first-order chi connectivity index (χ1) is 12.4. The van der Waals surface area contributed by atoms with Gasteiger partial charge in [0.1, 0.15) is 17.0 Å². The Bertz CT molecular complexity index is 949. The van der Waals surface area contributed by atoms with Crippen molar-refractivity contribution < 1.29 is 4.74 Å². The van der Waals surface area contributed by atoms with Crippen molar-refractivity contribution in [3.05, 3.63) is 17.5 Å². The predicted molar refractivity (Wildman–Crippen MR) is 100 cm³/mol. The molecule has 1 fully saturated rings. The molecule has 8 heteroatoms. The molecule has 0 aromatic carbocycles. The van der Waals surface area contributed by atoms with Gasteiger partial charge in [-0.25, -0.2) is 20.8 Å². The molecule has 5 rings (SSSR count). The zero-order chi connectivity index (χ0) is 16.8. The summed E-state index contributed by atoms with van der Waals surface area (Å²) in [5.74, 6) is 7.46. The number of thiophene rings is 1. The first-order valence-electron chi connectivity index (χ1n) is 8.75. The summed E-state index contributed by atoms with van der Waals surface area (Å²) >= 11 is 1.63. The van der Waals surface area contributed by atoms with E-state index in [2.05, 4.69) is 20.3 Å². The Morgan fingerprint density at radius 3 is 2.72 bits per heavy atom. The van der Waals surface area contributed by atoms with Gasteiger partial charge in [0.2, 0.25) is 0 Å². The molecule has 0 atom stereocenters. The summed E-state index contributed by atoms with van der Waals surface area (Å²) in [6, 6.07) is 0. The van der Waals surface area contributed by atoms with Crippen molar-refractivity contribution >= 4 is 43.4 Å². The van der Waals surface area contributed by atoms with E-state index in [4.69, 9.17) is 15.6 Å². The largest absolute Gasteiger partial charge is 0.378 e. The number of nitrogens with one attached hydrogen (secondary N) is 1. The molecule has 4 heterocycles. The van der Waals surface area contributed by atoms with E-state index in [0.717, 1.165) is 60.0 Å². The van der Waals surface area contributed by atoms with Crippen molar-refractivity contribution in [1.29, 1.82) is 0 Å². The van der Waals surface area contributed by atoms with Crippen LogP contribution >= 0.6 is 11.3 Å². The third-order valence-electron chi connectivity index (χ3n) is 5.15. The number of rotatable bonds is 2. The minimum Gasteiger partial charge on any atom is -0.378 e. The zero-order valence-corrected chi connectivity index (χ0v) is 14.7. The quantitative estimate of drug-likeness (QED) is 0.538. The standard InChI is InChI=1S/C17H20N6OS/c18-22-15-14-13(19-9-20-15)12-10-3-1-2-4-11(10)16(21-17(12)25-14)23-5-7-24-8-6-23/h9H,1-8,18H2,(H,19,20,22). The number of morpholine rings is 1. The fraction of sp³-hybridized carbons (Fsp3) is 0.471. The van der Waals surface area contributed by atoms with E-state index in [0.29, 0.717) is 5.82 Å². The highest BCUT2D eigenvalue weighted by atomic mass is 32.1. The molecule has 25 heavy (non-hydrogen) atoms. The van der Waals surface area contributed by atoms with Gasteiger partial charge in [0, 0.05) is 18.5 Å². The van der Waals surface area contributed by atoms with Crippen LogP contribution < -0.4 is 16.2 Å². The van der Waals surface area contributed by atoms with Crippen LogP contribution in [-0.4, -0.2) is 41.3 Å². The fourth-order valence-corrected chi connectivity index (χ4v) is 5.09. The molecule has 3 aromatic heterocycles. The average Bonchev–Trinajstić information content (AvgIpc) is 3.07. The maximum atomic E-state index is 5.65. The Kier molecular flexibility index (Phi) is 3.69. The van der Waals surface area contributed by atoms with Gasteiger partial charge in [-0.15, -0.1) is 11.3 Å². The normalized spacial score (nSPS) is 17.9. The number of pyridine rings is 1. The number of nitrogens with two attached hydrogens (primary N) is 1. The number of fused-ring (bicyclic) bond motifs is 5. The van der Waals surface area contributed by atoms with Crippen LogP contribution in [0, 0.1) is 0 Å². The van der Waals surface area contributed by atoms with E-state index < -0.39 is 0 Å². The van der Waals surface area contributed by atoms with Gasteiger partial charge >= 0.3 is 0 Å². The van der Waals surface area contributed by atoms with Crippen LogP contribution in [0.1, 0.15) is 24.0 Å². The van der Waals surface area contributed by atoms with Crippen LogP contribution in [-0.2, 0) is 17.6 Å². The van der Waals surface area contributed by atoms with Crippen LogP contribution in [0.5, 0.6) is 0 Å². The van der Waals surface area contributed by atoms with Gasteiger partial charge in [-0.2, -0.15) is 0 Å². The highest BCUT2D eigenvalue weighted by Crippen LogP contribution is 2.42. The molecule has 1 saturated heterocycles. The summed E-state index contributed by atoms with van der Waals surface area (Å²) < 4.78 is 6.51. The Labute approximate surface area is 149 Å². The van der Waals surface area contributed by atoms with E-state index in [9.17, 15) is 0 Å². The molecule has 0 spiro atoms. The summed E-state index contributed by atoms with van der Waals surface area (Å²) in [7, 11) is 0. The smallest absolute Gasteiger partial charge is 0.161 e. The Hall–Kier alpha value is -2.03. The maximum absolute atomic E-state index is 5.65. The number of ether oxygens (including phenoxy) is 1. The van der Waals surface area contributed by atoms with E-state index in [1.165, 1.54) is 29.4 Å². The monoisotopic (exact) mass is 356 g/mol. The Morgan fingerprint density at radius 2 is 1.92 bits per heavy atom. The summed E-state index contributed by atoms with van der Waals surface area (Å²) in [5, 5.41) is 1.20. The fourth-order valence-electron chi connectivity index (χ4n) is 3.98. The summed E-state index contributed by atoms with van der Waals surface area (Å²) in [6.45, 7) is 3.36. The summed E-state index contributed by atoms with van der Waals surface area (Å²) in [6.07, 6.45) is 6.21. The molecule has 0 saturated carbocycles. The number of nitrogens with zero attached hydrogens (tertiary/aromatic N) is 4. The molecule has 2 aliphatic rings. The van der Waals surface area contributed by atoms with E-state index in [1.807, 2.05) is 0 Å². The van der Waals surface area contributed by atoms with Crippen molar-refractivity contribution in [2.24, 2.45) is 5.84 Å². The second-order valence-corrected chi connectivity index (χ2v) is 7.52. The van der Waals surface area contributed by atoms with Crippen LogP contribution in [0.2, 0.25) is 0 Å². The molecule has 0 amide bonds. The van der Waals surface area contributed by atoms with E-state index in [-0.39, 0.29) is 0 Å². The number of hydrogen-bond acceptors (Lipinski definition) is 8. The van der Waals surface area contributed by atoms with Crippen LogP contribution in [0.15, 0.2) is 6.33 Å². The predicted octanol–water partition coefficient (Wildman–Crippen LogP) is 2.24. The van der Waals surface area contributed by atoms with E-state index in [1.54, 1.807) is 17.7 Å². The van der Waals surface area contributed by atoms with Crippen LogP contribution in [0.4, 0.5) is 11.6 Å². The lowest BCUT2D eigenvalue weighted by Gasteiger charge is -2.31. The topological polar surface area (TPSA) is 89.2 Å². The molecule has 0 unspecified atom stereocenters. The lowest BCUT2D eigenvalue weighted by Crippen LogP contribution is -2.37. The van der Waals surface area contributed by atoms with Gasteiger partial charge in [-0.3, -0.25) is 0 Å². The second-order valence-electron chi connectivity index (χ2n) is 6.53. The first kappa shape index (κ1) is 15.2. The summed E-state index contributed by atoms with van der Waals surface area (Å²) in [5.41, 5.74) is 6.49. The lowest BCUT2D eigenvalue weighted by molar-refractivity contribution is 0.122. The molecule has 0 bridgehead atoms. The van der Waals surface area contributed by atoms with Crippen molar-refractivity contribution in [3.8, 4) is 0 Å². The number of nitrogen functional groups attached to an aromatic ring is 1. The minimum absolute atomic E-state index is 0.672. The first-order valence-corrected chi connectivity index (χ1v) is 9.56. The zero-order valence-electron chi connectivity index (χ0n) is 13.9. The SMILES string of the molecule is NNc1ncnc2c1sc1nc(N3CCOCC3)c3c(c12)CCCC3. The van der Waals surface area contributed by atoms with Gasteiger partial charge in [0.15, 0.2) is 5.82 Å². The van der Waals surface area contributed by atoms with Crippen molar-refractivity contribution in [1.82, 2.24) is 15.0 Å². The molecule has 7 nitrogen and oxygen atoms in total. The number of hydrogen-bond donors (Lipinski definition) is 2. The number of hydrazine groups is 1. The lowest BCUT2D eigenvalue weighted by atomic mass is 9.90. The van der Waals surface area contributed by atoms with Gasteiger partial charge < -0.3 is 15.1 Å². The molecular formula is C17H20N6OS. The molecule has 130 valence electrons. The third-order valence-corrected chi connectivity index (χ3v) is 6.23. The molecule has 1 aliphatic heterocycles. The minimum atomic E-state index is 0.672. The van der Waals surface area contributed by atoms with Crippen LogP contribution in [0.3, 0.4) is 0 Å². The van der Waals surface area contributed by atoms with E-state index >= 15 is 0 Å². The Balaban J connectivity index is 1.80. The highest BCUT2D eigenvalue weighted by Gasteiger charge is 2.26. The van der Waals surface area contributed by atoms with Crippen LogP contribution in [0.25, 0.3) is 20.4 Å². The van der Waals surface area contributed by atoms with Gasteiger partial charge in [-0.05, 0) is 36.8 Å². The van der Waals surface area contributed by atoms with Crippen molar-refractivity contribution in [2.75, 3.05) is 36.6 Å². The third kappa shape index (κ3) is 2.36. The molecule has 3 N–H and O–H groups in total. The average molecular weight is 356 g/mol.